The van der Waals surface area contributed by atoms with Gasteiger partial charge in [0.25, 0.3) is 0 Å². The molecule has 170 valence electrons. The van der Waals surface area contributed by atoms with Crippen LogP contribution in [0.25, 0.3) is 0 Å². The van der Waals surface area contributed by atoms with E-state index in [0.29, 0.717) is 11.1 Å². The highest BCUT2D eigenvalue weighted by molar-refractivity contribution is 6.36. The second-order valence-corrected chi connectivity index (χ2v) is 7.04. The Bertz CT molecular complexity index is 1160. The first-order valence-corrected chi connectivity index (χ1v) is 9.70. The number of Topliss-reactive ketones (excluding diaryl/α,β-unsaturated/α-hetero) is 1. The Morgan fingerprint density at radius 3 is 1.91 bits per heavy atom. The van der Waals surface area contributed by atoms with Gasteiger partial charge in [-0.2, -0.15) is 0 Å². The summed E-state index contributed by atoms with van der Waals surface area (Å²) in [5.74, 6) is -5.62. The summed E-state index contributed by atoms with van der Waals surface area (Å²) in [7, 11) is 0. The number of aliphatic carboxylic acids is 1. The molecule has 0 aliphatic heterocycles. The van der Waals surface area contributed by atoms with Crippen molar-refractivity contribution in [1.82, 2.24) is 0 Å². The van der Waals surface area contributed by atoms with Gasteiger partial charge in [-0.15, -0.1) is 0 Å². The molecule has 0 aliphatic rings. The van der Waals surface area contributed by atoms with Crippen LogP contribution in [-0.2, 0) is 27.5 Å². The molecule has 0 aliphatic carbocycles. The van der Waals surface area contributed by atoms with E-state index in [1.165, 1.54) is 54.6 Å². The summed E-state index contributed by atoms with van der Waals surface area (Å²) in [5, 5.41) is 8.86. The quantitative estimate of drug-likeness (QED) is 0.384. The van der Waals surface area contributed by atoms with E-state index in [1.807, 2.05) is 0 Å². The number of ketones is 1. The number of carbonyl (C=O) groups excluding carboxylic acids is 2. The lowest BCUT2D eigenvalue weighted by atomic mass is 10.1. The maximum Gasteiger partial charge on any atom is 0.372 e. The first kappa shape index (κ1) is 23.5. The number of carboxylic acid groups (broad SMARTS) is 1. The summed E-state index contributed by atoms with van der Waals surface area (Å²) in [5.41, 5.74) is 1.12. The third-order valence-electron chi connectivity index (χ3n) is 4.63. The first-order valence-electron chi connectivity index (χ1n) is 9.70. The number of halogens is 3. The summed E-state index contributed by atoms with van der Waals surface area (Å²) in [6.07, 6.45) is -0.939. The Kier molecular flexibility index (Phi) is 7.45. The summed E-state index contributed by atoms with van der Waals surface area (Å²) in [4.78, 5) is 36.5. The fourth-order valence-electron chi connectivity index (χ4n) is 2.96. The number of anilines is 1. The fourth-order valence-corrected chi connectivity index (χ4v) is 2.96. The van der Waals surface area contributed by atoms with E-state index in [4.69, 9.17) is 9.84 Å². The van der Waals surface area contributed by atoms with Crippen LogP contribution in [-0.4, -0.2) is 22.8 Å². The lowest BCUT2D eigenvalue weighted by Gasteiger charge is -2.25. The van der Waals surface area contributed by atoms with Crippen molar-refractivity contribution in [2.75, 3.05) is 4.90 Å². The molecule has 6 nitrogen and oxygen atoms in total. The SMILES string of the molecule is O=C(O)C(=O)CC(=O)N(Cc1ccc(F)cc1)c1ccc(F)cc1OCc1ccc(F)cc1. The van der Waals surface area contributed by atoms with Crippen LogP contribution in [0.3, 0.4) is 0 Å². The first-order chi connectivity index (χ1) is 15.7. The summed E-state index contributed by atoms with van der Waals surface area (Å²) in [6, 6.07) is 13.9. The normalized spacial score (nSPS) is 10.5. The Hall–Kier alpha value is -4.14. The molecule has 3 rings (SSSR count). The number of rotatable bonds is 9. The lowest BCUT2D eigenvalue weighted by molar-refractivity contribution is -0.150. The minimum atomic E-state index is -1.77. The zero-order chi connectivity index (χ0) is 24.0. The van der Waals surface area contributed by atoms with E-state index < -0.39 is 41.5 Å². The van der Waals surface area contributed by atoms with Crippen molar-refractivity contribution in [1.29, 1.82) is 0 Å². The van der Waals surface area contributed by atoms with E-state index >= 15 is 0 Å². The molecular weight excluding hydrogens is 439 g/mol. The third kappa shape index (κ3) is 6.42. The summed E-state index contributed by atoms with van der Waals surface area (Å²) < 4.78 is 46.1. The minimum Gasteiger partial charge on any atom is -0.487 e. The van der Waals surface area contributed by atoms with Gasteiger partial charge in [0.05, 0.1) is 18.7 Å². The maximum absolute atomic E-state index is 14.0. The molecule has 1 amide bonds. The van der Waals surface area contributed by atoms with E-state index in [0.717, 1.165) is 17.0 Å². The Morgan fingerprint density at radius 1 is 0.788 bits per heavy atom. The highest BCUT2D eigenvalue weighted by Crippen LogP contribution is 2.32. The molecular formula is C24H18F3NO5. The van der Waals surface area contributed by atoms with Crippen LogP contribution >= 0.6 is 0 Å². The predicted octanol–water partition coefficient (Wildman–Crippen LogP) is 4.26. The van der Waals surface area contributed by atoms with Crippen LogP contribution < -0.4 is 9.64 Å². The smallest absolute Gasteiger partial charge is 0.372 e. The molecule has 0 saturated heterocycles. The predicted molar refractivity (Wildman–Crippen MR) is 112 cm³/mol. The van der Waals surface area contributed by atoms with Crippen LogP contribution in [0.5, 0.6) is 5.75 Å². The highest BCUT2D eigenvalue weighted by Gasteiger charge is 2.25. The molecule has 0 atom stereocenters. The number of amides is 1. The van der Waals surface area contributed by atoms with Crippen molar-refractivity contribution in [3.05, 3.63) is 95.3 Å². The average molecular weight is 457 g/mol. The van der Waals surface area contributed by atoms with Gasteiger partial charge in [-0.3, -0.25) is 9.59 Å². The topological polar surface area (TPSA) is 83.9 Å². The van der Waals surface area contributed by atoms with Crippen LogP contribution in [0.2, 0.25) is 0 Å². The largest absolute Gasteiger partial charge is 0.487 e. The van der Waals surface area contributed by atoms with E-state index in [1.54, 1.807) is 0 Å². The second kappa shape index (κ2) is 10.4. The zero-order valence-electron chi connectivity index (χ0n) is 17.1. The standard InChI is InChI=1S/C24H18F3NO5/c25-17-5-1-15(2-6-17)13-28(23(30)12-21(29)24(31)32)20-10-9-19(27)11-22(20)33-14-16-3-7-18(26)8-4-16/h1-11H,12-14H2,(H,31,32). The lowest BCUT2D eigenvalue weighted by Crippen LogP contribution is -2.34. The number of hydrogen-bond acceptors (Lipinski definition) is 4. The average Bonchev–Trinajstić information content (AvgIpc) is 2.78. The Labute approximate surface area is 186 Å². The third-order valence-corrected chi connectivity index (χ3v) is 4.63. The van der Waals surface area contributed by atoms with E-state index in [2.05, 4.69) is 0 Å². The molecule has 9 heteroatoms. The van der Waals surface area contributed by atoms with Crippen molar-refractivity contribution in [3.63, 3.8) is 0 Å². The highest BCUT2D eigenvalue weighted by atomic mass is 19.1. The van der Waals surface area contributed by atoms with Crippen LogP contribution in [0, 0.1) is 17.5 Å². The number of ether oxygens (including phenoxy) is 1. The number of hydrogen-bond donors (Lipinski definition) is 1. The molecule has 3 aromatic carbocycles. The van der Waals surface area contributed by atoms with Gasteiger partial charge in [0.2, 0.25) is 11.7 Å². The molecule has 0 fully saturated rings. The van der Waals surface area contributed by atoms with Gasteiger partial charge >= 0.3 is 5.97 Å². The number of carbonyl (C=O) groups is 3. The van der Waals surface area contributed by atoms with Crippen molar-refractivity contribution in [3.8, 4) is 5.75 Å². The Morgan fingerprint density at radius 2 is 1.33 bits per heavy atom. The molecule has 33 heavy (non-hydrogen) atoms. The van der Waals surface area contributed by atoms with Gasteiger partial charge in [0, 0.05) is 6.07 Å². The van der Waals surface area contributed by atoms with Gasteiger partial charge < -0.3 is 14.7 Å². The van der Waals surface area contributed by atoms with Gasteiger partial charge in [0.1, 0.15) is 29.8 Å². The van der Waals surface area contributed by atoms with Gasteiger partial charge in [-0.05, 0) is 47.5 Å². The molecule has 0 unspecified atom stereocenters. The summed E-state index contributed by atoms with van der Waals surface area (Å²) in [6.45, 7) is -0.242. The summed E-state index contributed by atoms with van der Waals surface area (Å²) >= 11 is 0. The number of carboxylic acids is 1. The van der Waals surface area contributed by atoms with Gasteiger partial charge in [0.15, 0.2) is 0 Å². The second-order valence-electron chi connectivity index (χ2n) is 7.04. The molecule has 0 bridgehead atoms. The molecule has 0 radical (unpaired) electrons. The van der Waals surface area contributed by atoms with Crippen LogP contribution in [0.1, 0.15) is 17.5 Å². The fraction of sp³-hybridized carbons (Fsp3) is 0.125. The Balaban J connectivity index is 1.94. The van der Waals surface area contributed by atoms with E-state index in [-0.39, 0.29) is 24.6 Å². The van der Waals surface area contributed by atoms with Crippen molar-refractivity contribution < 1.29 is 37.4 Å². The van der Waals surface area contributed by atoms with E-state index in [9.17, 15) is 27.6 Å². The maximum atomic E-state index is 14.0. The molecule has 1 N–H and O–H groups in total. The van der Waals surface area contributed by atoms with Crippen LogP contribution in [0.15, 0.2) is 66.7 Å². The van der Waals surface area contributed by atoms with Crippen LogP contribution in [0.4, 0.5) is 18.9 Å². The monoisotopic (exact) mass is 457 g/mol. The van der Waals surface area contributed by atoms with Gasteiger partial charge in [-0.25, -0.2) is 18.0 Å². The van der Waals surface area contributed by atoms with Crippen molar-refractivity contribution in [2.45, 2.75) is 19.6 Å². The molecule has 0 spiro atoms. The zero-order valence-corrected chi connectivity index (χ0v) is 17.1. The van der Waals surface area contributed by atoms with Crippen molar-refractivity contribution in [2.24, 2.45) is 0 Å². The minimum absolute atomic E-state index is 0.0578. The number of nitrogens with zero attached hydrogens (tertiary/aromatic N) is 1. The van der Waals surface area contributed by atoms with Crippen molar-refractivity contribution >= 4 is 23.3 Å². The molecule has 0 heterocycles. The molecule has 3 aromatic rings. The number of benzene rings is 3. The van der Waals surface area contributed by atoms with Gasteiger partial charge in [-0.1, -0.05) is 24.3 Å². The molecule has 0 aromatic heterocycles. The molecule has 0 saturated carbocycles.